The fourth-order valence-electron chi connectivity index (χ4n) is 3.42. The molecule has 4 rings (SSSR count). The SMILES string of the molecule is C[C@H](Sc1nc2ccccc2n1CCc1ccccc1)C(=O)Nc1ccc(C(N)=O)cc1. The summed E-state index contributed by atoms with van der Waals surface area (Å²) in [6, 6.07) is 24.9. The number of aryl methyl sites for hydroxylation is 2. The Morgan fingerprint density at radius 1 is 1.00 bits per heavy atom. The van der Waals surface area contributed by atoms with E-state index in [4.69, 9.17) is 10.7 Å². The number of fused-ring (bicyclic) bond motifs is 1. The van der Waals surface area contributed by atoms with Gasteiger partial charge in [-0.3, -0.25) is 9.59 Å². The Hall–Kier alpha value is -3.58. The molecule has 0 spiro atoms. The molecule has 0 aliphatic heterocycles. The molecule has 162 valence electrons. The van der Waals surface area contributed by atoms with Crippen LogP contribution in [0.25, 0.3) is 11.0 Å². The average molecular weight is 445 g/mol. The van der Waals surface area contributed by atoms with Crippen LogP contribution in [-0.2, 0) is 17.8 Å². The first-order valence-electron chi connectivity index (χ1n) is 10.4. The van der Waals surface area contributed by atoms with Crippen molar-refractivity contribution < 1.29 is 9.59 Å². The zero-order chi connectivity index (χ0) is 22.5. The summed E-state index contributed by atoms with van der Waals surface area (Å²) >= 11 is 1.43. The van der Waals surface area contributed by atoms with Crippen LogP contribution in [0.4, 0.5) is 5.69 Å². The lowest BCUT2D eigenvalue weighted by molar-refractivity contribution is -0.115. The van der Waals surface area contributed by atoms with E-state index in [1.807, 2.05) is 43.3 Å². The zero-order valence-electron chi connectivity index (χ0n) is 17.7. The summed E-state index contributed by atoms with van der Waals surface area (Å²) in [7, 11) is 0. The summed E-state index contributed by atoms with van der Waals surface area (Å²) in [4.78, 5) is 28.8. The van der Waals surface area contributed by atoms with Crippen molar-refractivity contribution in [2.45, 2.75) is 30.3 Å². The van der Waals surface area contributed by atoms with Crippen molar-refractivity contribution in [1.82, 2.24) is 9.55 Å². The van der Waals surface area contributed by atoms with Gasteiger partial charge in [-0.1, -0.05) is 54.2 Å². The van der Waals surface area contributed by atoms with Gasteiger partial charge in [0.15, 0.2) is 5.16 Å². The summed E-state index contributed by atoms with van der Waals surface area (Å²) in [6.07, 6.45) is 0.877. The number of carbonyl (C=O) groups is 2. The fourth-order valence-corrected chi connectivity index (χ4v) is 4.37. The fraction of sp³-hybridized carbons (Fsp3) is 0.160. The Labute approximate surface area is 190 Å². The number of amides is 2. The number of para-hydroxylation sites is 2. The van der Waals surface area contributed by atoms with E-state index in [0.29, 0.717) is 11.3 Å². The number of primary amides is 1. The molecule has 0 unspecified atom stereocenters. The van der Waals surface area contributed by atoms with Gasteiger partial charge in [0.25, 0.3) is 0 Å². The molecule has 2 amide bonds. The maximum atomic E-state index is 12.8. The summed E-state index contributed by atoms with van der Waals surface area (Å²) in [5, 5.41) is 3.34. The van der Waals surface area contributed by atoms with E-state index in [2.05, 4.69) is 28.1 Å². The summed E-state index contributed by atoms with van der Waals surface area (Å²) in [5.74, 6) is -0.635. The van der Waals surface area contributed by atoms with E-state index in [-0.39, 0.29) is 11.2 Å². The minimum atomic E-state index is -0.499. The number of benzene rings is 3. The molecule has 0 aliphatic carbocycles. The summed E-state index contributed by atoms with van der Waals surface area (Å²) < 4.78 is 2.18. The van der Waals surface area contributed by atoms with Crippen LogP contribution in [0.15, 0.2) is 84.0 Å². The van der Waals surface area contributed by atoms with E-state index < -0.39 is 5.91 Å². The monoisotopic (exact) mass is 444 g/mol. The maximum absolute atomic E-state index is 12.8. The predicted molar refractivity (Wildman–Crippen MR) is 129 cm³/mol. The van der Waals surface area contributed by atoms with Crippen molar-refractivity contribution in [2.75, 3.05) is 5.32 Å². The van der Waals surface area contributed by atoms with Crippen molar-refractivity contribution in [2.24, 2.45) is 5.73 Å². The molecule has 1 atom stereocenters. The first-order chi connectivity index (χ1) is 15.5. The van der Waals surface area contributed by atoms with E-state index in [1.165, 1.54) is 17.3 Å². The average Bonchev–Trinajstić information content (AvgIpc) is 3.15. The van der Waals surface area contributed by atoms with Gasteiger partial charge < -0.3 is 15.6 Å². The van der Waals surface area contributed by atoms with Crippen LogP contribution >= 0.6 is 11.8 Å². The highest BCUT2D eigenvalue weighted by Crippen LogP contribution is 2.28. The van der Waals surface area contributed by atoms with Gasteiger partial charge in [-0.05, 0) is 55.3 Å². The number of thioether (sulfide) groups is 1. The van der Waals surface area contributed by atoms with Gasteiger partial charge >= 0.3 is 0 Å². The van der Waals surface area contributed by atoms with Crippen LogP contribution in [0, 0.1) is 0 Å². The highest BCUT2D eigenvalue weighted by molar-refractivity contribution is 8.00. The number of nitrogens with two attached hydrogens (primary N) is 1. The molecule has 0 aliphatic rings. The molecule has 0 bridgehead atoms. The molecule has 0 saturated carbocycles. The van der Waals surface area contributed by atoms with Crippen molar-refractivity contribution in [3.8, 4) is 0 Å². The highest BCUT2D eigenvalue weighted by atomic mass is 32.2. The van der Waals surface area contributed by atoms with E-state index in [0.717, 1.165) is 29.2 Å². The Morgan fingerprint density at radius 2 is 1.69 bits per heavy atom. The summed E-state index contributed by atoms with van der Waals surface area (Å²) in [6.45, 7) is 2.63. The Morgan fingerprint density at radius 3 is 2.41 bits per heavy atom. The second kappa shape index (κ2) is 9.70. The highest BCUT2D eigenvalue weighted by Gasteiger charge is 2.20. The number of anilines is 1. The van der Waals surface area contributed by atoms with Crippen LogP contribution in [0.5, 0.6) is 0 Å². The van der Waals surface area contributed by atoms with Crippen LogP contribution in [0.2, 0.25) is 0 Å². The van der Waals surface area contributed by atoms with Gasteiger partial charge in [0, 0.05) is 17.8 Å². The van der Waals surface area contributed by atoms with E-state index in [1.54, 1.807) is 24.3 Å². The van der Waals surface area contributed by atoms with Crippen LogP contribution in [0.3, 0.4) is 0 Å². The van der Waals surface area contributed by atoms with Gasteiger partial charge in [0.1, 0.15) is 0 Å². The summed E-state index contributed by atoms with van der Waals surface area (Å²) in [5.41, 5.74) is 9.51. The number of hydrogen-bond acceptors (Lipinski definition) is 4. The molecule has 0 radical (unpaired) electrons. The first-order valence-corrected chi connectivity index (χ1v) is 11.3. The first kappa shape index (κ1) is 21.6. The zero-order valence-corrected chi connectivity index (χ0v) is 18.5. The topological polar surface area (TPSA) is 90.0 Å². The van der Waals surface area contributed by atoms with Gasteiger partial charge in [0.05, 0.1) is 16.3 Å². The number of nitrogens with one attached hydrogen (secondary N) is 1. The smallest absolute Gasteiger partial charge is 0.248 e. The molecule has 7 heteroatoms. The molecule has 32 heavy (non-hydrogen) atoms. The van der Waals surface area contributed by atoms with Gasteiger partial charge in [-0.2, -0.15) is 0 Å². The molecule has 4 aromatic rings. The number of hydrogen-bond donors (Lipinski definition) is 2. The van der Waals surface area contributed by atoms with Crippen molar-refractivity contribution >= 4 is 40.3 Å². The van der Waals surface area contributed by atoms with Crippen LogP contribution in [-0.4, -0.2) is 26.6 Å². The third-order valence-electron chi connectivity index (χ3n) is 5.17. The molecule has 3 N–H and O–H groups in total. The molecular weight excluding hydrogens is 420 g/mol. The maximum Gasteiger partial charge on any atom is 0.248 e. The van der Waals surface area contributed by atoms with E-state index in [9.17, 15) is 9.59 Å². The van der Waals surface area contributed by atoms with Gasteiger partial charge in [0.2, 0.25) is 11.8 Å². The normalized spacial score (nSPS) is 11.9. The molecule has 1 heterocycles. The number of nitrogens with zero attached hydrogens (tertiary/aromatic N) is 2. The number of rotatable bonds is 8. The Bertz CT molecular complexity index is 1240. The van der Waals surface area contributed by atoms with Gasteiger partial charge in [-0.25, -0.2) is 4.98 Å². The van der Waals surface area contributed by atoms with Crippen molar-refractivity contribution in [1.29, 1.82) is 0 Å². The Kier molecular flexibility index (Phi) is 6.56. The predicted octanol–water partition coefficient (Wildman–Crippen LogP) is 4.50. The number of carbonyl (C=O) groups excluding carboxylic acids is 2. The molecule has 6 nitrogen and oxygen atoms in total. The van der Waals surface area contributed by atoms with Gasteiger partial charge in [-0.15, -0.1) is 0 Å². The second-order valence-electron chi connectivity index (χ2n) is 7.46. The largest absolute Gasteiger partial charge is 0.366 e. The van der Waals surface area contributed by atoms with Crippen molar-refractivity contribution in [3.05, 3.63) is 90.0 Å². The second-order valence-corrected chi connectivity index (χ2v) is 8.77. The molecule has 1 aromatic heterocycles. The lowest BCUT2D eigenvalue weighted by Gasteiger charge is -2.14. The third-order valence-corrected chi connectivity index (χ3v) is 6.26. The van der Waals surface area contributed by atoms with E-state index >= 15 is 0 Å². The van der Waals surface area contributed by atoms with Crippen LogP contribution in [0.1, 0.15) is 22.8 Å². The van der Waals surface area contributed by atoms with Crippen LogP contribution < -0.4 is 11.1 Å². The minimum Gasteiger partial charge on any atom is -0.366 e. The molecular formula is C25H24N4O2S. The lowest BCUT2D eigenvalue weighted by Crippen LogP contribution is -2.23. The lowest BCUT2D eigenvalue weighted by atomic mass is 10.1. The minimum absolute atomic E-state index is 0.136. The number of aromatic nitrogens is 2. The molecule has 0 fully saturated rings. The standard InChI is InChI=1S/C25H24N4O2S/c1-17(24(31)27-20-13-11-19(12-14-20)23(26)30)32-25-28-21-9-5-6-10-22(21)29(25)16-15-18-7-3-2-4-8-18/h2-14,17H,15-16H2,1H3,(H2,26,30)(H,27,31)/t17-/m0/s1. The Balaban J connectivity index is 1.49. The molecule has 3 aromatic carbocycles. The molecule has 0 saturated heterocycles. The van der Waals surface area contributed by atoms with Crippen molar-refractivity contribution in [3.63, 3.8) is 0 Å². The quantitative estimate of drug-likeness (QED) is 0.392. The number of imidazole rings is 1. The third kappa shape index (κ3) is 5.00.